The number of imidazole rings is 1. The molecule has 0 spiro atoms. The normalized spacial score (nSPS) is 11.3. The Bertz CT molecular complexity index is 624. The molecule has 0 N–H and O–H groups in total. The standard InChI is InChI=1S/C15H22N4O/c1-11-8-13(12(2)19(11)5)14(20)9-17(3)10-15-16-6-7-18(15)4/h6-8H,9-10H2,1-5H3. The number of hydrogen-bond donors (Lipinski definition) is 0. The number of likely N-dealkylation sites (N-methyl/N-ethyl adjacent to an activating group) is 1. The van der Waals surface area contributed by atoms with Gasteiger partial charge >= 0.3 is 0 Å². The third-order valence-electron chi connectivity index (χ3n) is 3.82. The zero-order valence-electron chi connectivity index (χ0n) is 12.8. The van der Waals surface area contributed by atoms with Gasteiger partial charge in [-0.15, -0.1) is 0 Å². The molecule has 0 aliphatic rings. The van der Waals surface area contributed by atoms with Crippen molar-refractivity contribution in [3.63, 3.8) is 0 Å². The maximum atomic E-state index is 12.4. The van der Waals surface area contributed by atoms with E-state index in [1.54, 1.807) is 6.20 Å². The van der Waals surface area contributed by atoms with Crippen LogP contribution in [0.4, 0.5) is 0 Å². The van der Waals surface area contributed by atoms with Crippen LogP contribution >= 0.6 is 0 Å². The number of hydrogen-bond acceptors (Lipinski definition) is 3. The van der Waals surface area contributed by atoms with Crippen molar-refractivity contribution in [2.45, 2.75) is 20.4 Å². The summed E-state index contributed by atoms with van der Waals surface area (Å²) in [5.41, 5.74) is 2.95. The lowest BCUT2D eigenvalue weighted by Crippen LogP contribution is -2.27. The number of carbonyl (C=O) groups excluding carboxylic acids is 1. The van der Waals surface area contributed by atoms with Crippen molar-refractivity contribution in [3.8, 4) is 0 Å². The van der Waals surface area contributed by atoms with Crippen LogP contribution in [0.15, 0.2) is 18.5 Å². The van der Waals surface area contributed by atoms with Gasteiger partial charge in [0.15, 0.2) is 5.78 Å². The second kappa shape index (κ2) is 5.63. The molecule has 2 rings (SSSR count). The Morgan fingerprint density at radius 2 is 2.05 bits per heavy atom. The summed E-state index contributed by atoms with van der Waals surface area (Å²) in [6.45, 7) is 5.07. The highest BCUT2D eigenvalue weighted by Crippen LogP contribution is 2.14. The highest BCUT2D eigenvalue weighted by molar-refractivity contribution is 5.98. The molecule has 0 fully saturated rings. The molecule has 0 aliphatic carbocycles. The lowest BCUT2D eigenvalue weighted by molar-refractivity contribution is 0.0940. The van der Waals surface area contributed by atoms with Gasteiger partial charge in [-0.1, -0.05) is 0 Å². The molecule has 5 heteroatoms. The van der Waals surface area contributed by atoms with Gasteiger partial charge in [-0.05, 0) is 27.0 Å². The van der Waals surface area contributed by atoms with Crippen LogP contribution in [0, 0.1) is 13.8 Å². The van der Waals surface area contributed by atoms with E-state index >= 15 is 0 Å². The van der Waals surface area contributed by atoms with Crippen LogP contribution in [0.5, 0.6) is 0 Å². The van der Waals surface area contributed by atoms with E-state index in [4.69, 9.17) is 0 Å². The first-order valence-electron chi connectivity index (χ1n) is 6.71. The molecule has 2 aromatic heterocycles. The number of ketones is 1. The molecule has 20 heavy (non-hydrogen) atoms. The molecule has 0 unspecified atom stereocenters. The number of rotatable bonds is 5. The van der Waals surface area contributed by atoms with Gasteiger partial charge in [0.05, 0.1) is 13.1 Å². The van der Waals surface area contributed by atoms with Gasteiger partial charge < -0.3 is 9.13 Å². The molecule has 0 amide bonds. The van der Waals surface area contributed by atoms with Gasteiger partial charge in [0.25, 0.3) is 0 Å². The monoisotopic (exact) mass is 274 g/mol. The SMILES string of the molecule is Cc1cc(C(=O)CN(C)Cc2nccn2C)c(C)n1C. The number of aryl methyl sites for hydroxylation is 2. The topological polar surface area (TPSA) is 43.1 Å². The predicted octanol–water partition coefficient (Wildman–Crippen LogP) is 1.69. The molecule has 0 saturated carbocycles. The Morgan fingerprint density at radius 1 is 1.35 bits per heavy atom. The maximum absolute atomic E-state index is 12.4. The van der Waals surface area contributed by atoms with Crippen LogP contribution in [-0.2, 0) is 20.6 Å². The van der Waals surface area contributed by atoms with Crippen molar-refractivity contribution >= 4 is 5.78 Å². The number of carbonyl (C=O) groups is 1. The van der Waals surface area contributed by atoms with E-state index in [1.807, 2.05) is 61.3 Å². The van der Waals surface area contributed by atoms with Crippen molar-refractivity contribution in [1.82, 2.24) is 19.0 Å². The van der Waals surface area contributed by atoms with E-state index in [-0.39, 0.29) is 5.78 Å². The first-order valence-corrected chi connectivity index (χ1v) is 6.71. The molecule has 0 aromatic carbocycles. The minimum atomic E-state index is 0.155. The summed E-state index contributed by atoms with van der Waals surface area (Å²) in [7, 11) is 5.89. The maximum Gasteiger partial charge on any atom is 0.178 e. The summed E-state index contributed by atoms with van der Waals surface area (Å²) in [5.74, 6) is 1.11. The largest absolute Gasteiger partial charge is 0.351 e. The summed E-state index contributed by atoms with van der Waals surface area (Å²) >= 11 is 0. The third kappa shape index (κ3) is 2.82. The van der Waals surface area contributed by atoms with Gasteiger partial charge in [0, 0.05) is 43.4 Å². The van der Waals surface area contributed by atoms with E-state index in [0.717, 1.165) is 22.8 Å². The number of aromatic nitrogens is 3. The first-order chi connectivity index (χ1) is 9.40. The van der Waals surface area contributed by atoms with Gasteiger partial charge in [0.2, 0.25) is 0 Å². The molecule has 0 aliphatic heterocycles. The lowest BCUT2D eigenvalue weighted by atomic mass is 10.1. The number of nitrogens with zero attached hydrogens (tertiary/aromatic N) is 4. The second-order valence-corrected chi connectivity index (χ2v) is 5.39. The first kappa shape index (κ1) is 14.5. The fraction of sp³-hybridized carbons (Fsp3) is 0.467. The van der Waals surface area contributed by atoms with Gasteiger partial charge in [-0.3, -0.25) is 9.69 Å². The molecular weight excluding hydrogens is 252 g/mol. The average molecular weight is 274 g/mol. The molecule has 0 saturated heterocycles. The van der Waals surface area contributed by atoms with Crippen molar-refractivity contribution in [3.05, 3.63) is 41.2 Å². The summed E-state index contributed by atoms with van der Waals surface area (Å²) in [5, 5.41) is 0. The van der Waals surface area contributed by atoms with Gasteiger partial charge in [0.1, 0.15) is 5.82 Å². The summed E-state index contributed by atoms with van der Waals surface area (Å²) in [6.07, 6.45) is 3.69. The van der Waals surface area contributed by atoms with Crippen LogP contribution in [0.2, 0.25) is 0 Å². The van der Waals surface area contributed by atoms with E-state index in [2.05, 4.69) is 4.98 Å². The molecule has 2 aromatic rings. The van der Waals surface area contributed by atoms with Crippen LogP contribution in [0.25, 0.3) is 0 Å². The zero-order valence-corrected chi connectivity index (χ0v) is 12.8. The average Bonchev–Trinajstić information content (AvgIpc) is 2.89. The molecular formula is C15H22N4O. The van der Waals surface area contributed by atoms with Crippen LogP contribution in [-0.4, -0.2) is 38.4 Å². The zero-order chi connectivity index (χ0) is 14.9. The fourth-order valence-corrected chi connectivity index (χ4v) is 2.31. The Hall–Kier alpha value is -1.88. The van der Waals surface area contributed by atoms with E-state index in [1.165, 1.54) is 0 Å². The molecule has 2 heterocycles. The molecule has 108 valence electrons. The third-order valence-corrected chi connectivity index (χ3v) is 3.82. The molecule has 5 nitrogen and oxygen atoms in total. The van der Waals surface area contributed by atoms with Gasteiger partial charge in [-0.25, -0.2) is 4.98 Å². The van der Waals surface area contributed by atoms with Crippen molar-refractivity contribution < 1.29 is 4.79 Å². The highest BCUT2D eigenvalue weighted by atomic mass is 16.1. The summed E-state index contributed by atoms with van der Waals surface area (Å²) in [4.78, 5) is 18.6. The van der Waals surface area contributed by atoms with Crippen molar-refractivity contribution in [1.29, 1.82) is 0 Å². The predicted molar refractivity (Wildman–Crippen MR) is 78.8 cm³/mol. The summed E-state index contributed by atoms with van der Waals surface area (Å²) in [6, 6.07) is 1.96. The van der Waals surface area contributed by atoms with Crippen molar-refractivity contribution in [2.24, 2.45) is 14.1 Å². The number of Topliss-reactive ketones (excluding diaryl/α,β-unsaturated/α-hetero) is 1. The smallest absolute Gasteiger partial charge is 0.178 e. The Balaban J connectivity index is 2.04. The Labute approximate surface area is 119 Å². The van der Waals surface area contributed by atoms with E-state index in [0.29, 0.717) is 13.1 Å². The van der Waals surface area contributed by atoms with Crippen LogP contribution in [0.1, 0.15) is 27.6 Å². The second-order valence-electron chi connectivity index (χ2n) is 5.39. The van der Waals surface area contributed by atoms with E-state index in [9.17, 15) is 4.79 Å². The Kier molecular flexibility index (Phi) is 4.09. The van der Waals surface area contributed by atoms with E-state index < -0.39 is 0 Å². The van der Waals surface area contributed by atoms with Crippen molar-refractivity contribution in [2.75, 3.05) is 13.6 Å². The molecule has 0 bridgehead atoms. The lowest BCUT2D eigenvalue weighted by Gasteiger charge is -2.15. The highest BCUT2D eigenvalue weighted by Gasteiger charge is 2.16. The summed E-state index contributed by atoms with van der Waals surface area (Å²) < 4.78 is 4.02. The minimum absolute atomic E-state index is 0.155. The van der Waals surface area contributed by atoms with Gasteiger partial charge in [-0.2, -0.15) is 0 Å². The molecule has 0 radical (unpaired) electrons. The minimum Gasteiger partial charge on any atom is -0.351 e. The fourth-order valence-electron chi connectivity index (χ4n) is 2.31. The van der Waals surface area contributed by atoms with Crippen LogP contribution in [0.3, 0.4) is 0 Å². The van der Waals surface area contributed by atoms with Crippen LogP contribution < -0.4 is 0 Å². The quantitative estimate of drug-likeness (QED) is 0.779. The molecule has 0 atom stereocenters. The Morgan fingerprint density at radius 3 is 2.55 bits per heavy atom.